The van der Waals surface area contributed by atoms with Crippen LogP contribution >= 0.6 is 0 Å². The average Bonchev–Trinajstić information content (AvgIpc) is 2.77. The maximum absolute atomic E-state index is 11.7. The predicted octanol–water partition coefficient (Wildman–Crippen LogP) is 5.31. The Hall–Kier alpha value is -2.40. The van der Waals surface area contributed by atoms with E-state index in [1.165, 1.54) is 24.3 Å². The Morgan fingerprint density at radius 2 is 0.853 bits per heavy atom. The van der Waals surface area contributed by atoms with Crippen LogP contribution in [0.4, 0.5) is 11.4 Å². The number of rotatable bonds is 9. The lowest BCUT2D eigenvalue weighted by atomic mass is 10.0. The van der Waals surface area contributed by atoms with Gasteiger partial charge in [-0.15, -0.1) is 0 Å². The van der Waals surface area contributed by atoms with Gasteiger partial charge >= 0.3 is 0 Å². The highest BCUT2D eigenvalue weighted by molar-refractivity contribution is 7.86. The molecule has 0 aliphatic carbocycles. The first kappa shape index (κ1) is 27.8. The number of hydrogen-bond donors (Lipinski definition) is 2. The smallest absolute Gasteiger partial charge is 0.282 e. The summed E-state index contributed by atoms with van der Waals surface area (Å²) < 4.78 is 65.6. The van der Waals surface area contributed by atoms with Gasteiger partial charge in [-0.3, -0.25) is 19.1 Å². The summed E-state index contributed by atoms with van der Waals surface area (Å²) in [6, 6.07) is 5.74. The minimum absolute atomic E-state index is 0.151. The molecule has 8 nitrogen and oxygen atoms in total. The summed E-state index contributed by atoms with van der Waals surface area (Å²) in [5, 5.41) is 0. The molecule has 0 saturated heterocycles. The minimum atomic E-state index is -4.33. The summed E-state index contributed by atoms with van der Waals surface area (Å²) in [6.07, 6.45) is 2.09. The Kier molecular flexibility index (Phi) is 8.92. The molecular formula is C24H32N2O6S2. The lowest BCUT2D eigenvalue weighted by Gasteiger charge is -2.14. The molecule has 0 unspecified atom stereocenters. The Balaban J connectivity index is 2.67. The largest absolute Gasteiger partial charge is 0.294 e. The van der Waals surface area contributed by atoms with Crippen molar-refractivity contribution in [3.8, 4) is 0 Å². The Morgan fingerprint density at radius 3 is 1.03 bits per heavy atom. The van der Waals surface area contributed by atoms with Gasteiger partial charge in [0.2, 0.25) is 0 Å². The van der Waals surface area contributed by atoms with Crippen LogP contribution in [0.2, 0.25) is 0 Å². The molecule has 0 atom stereocenters. The second-order valence-electron chi connectivity index (χ2n) is 7.94. The molecule has 2 rings (SSSR count). The molecule has 0 bridgehead atoms. The van der Waals surface area contributed by atoms with Crippen LogP contribution in [0.5, 0.6) is 0 Å². The van der Waals surface area contributed by atoms with Crippen LogP contribution in [-0.2, 0) is 45.9 Å². The fourth-order valence-electron chi connectivity index (χ4n) is 3.62. The molecule has 0 aliphatic heterocycles. The molecule has 0 aromatic heterocycles. The zero-order chi connectivity index (χ0) is 25.8. The van der Waals surface area contributed by atoms with Gasteiger partial charge in [0.25, 0.3) is 20.2 Å². The quantitative estimate of drug-likeness (QED) is 0.348. The zero-order valence-corrected chi connectivity index (χ0v) is 22.0. The molecule has 0 amide bonds. The Morgan fingerprint density at radius 1 is 0.618 bits per heavy atom. The van der Waals surface area contributed by atoms with Gasteiger partial charge in [0.15, 0.2) is 0 Å². The van der Waals surface area contributed by atoms with E-state index in [9.17, 15) is 25.9 Å². The summed E-state index contributed by atoms with van der Waals surface area (Å²) >= 11 is 0. The van der Waals surface area contributed by atoms with Crippen LogP contribution in [0.3, 0.4) is 0 Å². The molecule has 34 heavy (non-hydrogen) atoms. The van der Waals surface area contributed by atoms with E-state index >= 15 is 0 Å². The lowest BCUT2D eigenvalue weighted by Crippen LogP contribution is -2.08. The van der Waals surface area contributed by atoms with Gasteiger partial charge in [-0.25, -0.2) is 0 Å². The second-order valence-corrected chi connectivity index (χ2v) is 10.8. The standard InChI is InChI=1S/C24H32N2O6S2/c1-7-17-11-21(33(27,28)29)12-18(8-2)23(17)25-15(5)16(6)26-24-19(9-3)13-22(34(30,31)32)14-20(24)10-4/h11-14H,7-10H2,1-6H3,(H,27,28,29)(H,30,31,32). The number of aliphatic imine (C=N–C) groups is 2. The fraction of sp³-hybridized carbons (Fsp3) is 0.417. The van der Waals surface area contributed by atoms with E-state index in [-0.39, 0.29) is 9.79 Å². The third-order valence-corrected chi connectivity index (χ3v) is 7.35. The topological polar surface area (TPSA) is 133 Å². The van der Waals surface area contributed by atoms with E-state index in [1.54, 1.807) is 13.8 Å². The minimum Gasteiger partial charge on any atom is -0.282 e. The molecule has 0 heterocycles. The predicted molar refractivity (Wildman–Crippen MR) is 136 cm³/mol. The van der Waals surface area contributed by atoms with Gasteiger partial charge in [0.05, 0.1) is 32.6 Å². The maximum Gasteiger partial charge on any atom is 0.294 e. The molecule has 2 aromatic carbocycles. The summed E-state index contributed by atoms with van der Waals surface area (Å²) in [5.41, 5.74) is 5.31. The highest BCUT2D eigenvalue weighted by atomic mass is 32.2. The van der Waals surface area contributed by atoms with Crippen molar-refractivity contribution >= 4 is 43.0 Å². The van der Waals surface area contributed by atoms with Gasteiger partial charge in [-0.2, -0.15) is 16.8 Å². The average molecular weight is 509 g/mol. The van der Waals surface area contributed by atoms with Crippen LogP contribution in [0, 0.1) is 0 Å². The van der Waals surface area contributed by atoms with E-state index in [0.717, 1.165) is 0 Å². The maximum atomic E-state index is 11.7. The van der Waals surface area contributed by atoms with Crippen LogP contribution in [-0.4, -0.2) is 37.4 Å². The Bertz CT molecular complexity index is 1200. The number of nitrogens with zero attached hydrogens (tertiary/aromatic N) is 2. The summed E-state index contributed by atoms with van der Waals surface area (Å²) in [5.74, 6) is 0. The summed E-state index contributed by atoms with van der Waals surface area (Å²) in [6.45, 7) is 11.1. The highest BCUT2D eigenvalue weighted by Crippen LogP contribution is 2.32. The van der Waals surface area contributed by atoms with E-state index < -0.39 is 20.2 Å². The highest BCUT2D eigenvalue weighted by Gasteiger charge is 2.18. The van der Waals surface area contributed by atoms with Gasteiger partial charge in [-0.1, -0.05) is 27.7 Å². The summed E-state index contributed by atoms with van der Waals surface area (Å²) in [4.78, 5) is 9.22. The number of benzene rings is 2. The van der Waals surface area contributed by atoms with Crippen molar-refractivity contribution in [2.75, 3.05) is 0 Å². The first-order valence-electron chi connectivity index (χ1n) is 11.1. The van der Waals surface area contributed by atoms with Crippen LogP contribution in [0.25, 0.3) is 0 Å². The molecule has 10 heteroatoms. The van der Waals surface area contributed by atoms with E-state index in [1.807, 2.05) is 27.7 Å². The van der Waals surface area contributed by atoms with Crippen molar-refractivity contribution in [2.24, 2.45) is 9.98 Å². The van der Waals surface area contributed by atoms with E-state index in [4.69, 9.17) is 9.98 Å². The van der Waals surface area contributed by atoms with Crippen molar-refractivity contribution in [3.63, 3.8) is 0 Å². The van der Waals surface area contributed by atoms with Gasteiger partial charge in [0, 0.05) is 0 Å². The van der Waals surface area contributed by atoms with E-state index in [2.05, 4.69) is 0 Å². The third-order valence-electron chi connectivity index (χ3n) is 5.68. The van der Waals surface area contributed by atoms with Gasteiger partial charge in [-0.05, 0) is 86.1 Å². The molecule has 0 saturated carbocycles. The molecule has 2 aromatic rings. The van der Waals surface area contributed by atoms with Crippen molar-refractivity contribution in [1.29, 1.82) is 0 Å². The van der Waals surface area contributed by atoms with Crippen LogP contribution < -0.4 is 0 Å². The monoisotopic (exact) mass is 508 g/mol. The molecule has 0 spiro atoms. The SMILES string of the molecule is CCc1cc(S(=O)(=O)O)cc(CC)c1N=C(C)C(C)=Nc1c(CC)cc(S(=O)(=O)O)cc1CC. The fourth-order valence-corrected chi connectivity index (χ4v) is 4.78. The zero-order valence-electron chi connectivity index (χ0n) is 20.4. The summed E-state index contributed by atoms with van der Waals surface area (Å²) in [7, 11) is -8.67. The number of hydrogen-bond acceptors (Lipinski definition) is 6. The molecule has 2 N–H and O–H groups in total. The molecule has 186 valence electrons. The van der Waals surface area contributed by atoms with E-state index in [0.29, 0.717) is 70.7 Å². The molecule has 0 radical (unpaired) electrons. The lowest BCUT2D eigenvalue weighted by molar-refractivity contribution is 0.480. The first-order valence-corrected chi connectivity index (χ1v) is 14.0. The van der Waals surface area contributed by atoms with Crippen molar-refractivity contribution in [2.45, 2.75) is 77.0 Å². The number of aryl methyl sites for hydroxylation is 4. The van der Waals surface area contributed by atoms with Crippen molar-refractivity contribution in [3.05, 3.63) is 46.5 Å². The van der Waals surface area contributed by atoms with Gasteiger partial charge < -0.3 is 0 Å². The molecule has 0 aliphatic rings. The molecular weight excluding hydrogens is 476 g/mol. The van der Waals surface area contributed by atoms with Crippen LogP contribution in [0.1, 0.15) is 63.8 Å². The third kappa shape index (κ3) is 6.38. The Labute approximate surface area is 202 Å². The van der Waals surface area contributed by atoms with Crippen molar-refractivity contribution in [1.82, 2.24) is 0 Å². The van der Waals surface area contributed by atoms with Crippen LogP contribution in [0.15, 0.2) is 44.0 Å². The van der Waals surface area contributed by atoms with Crippen molar-refractivity contribution < 1.29 is 25.9 Å². The van der Waals surface area contributed by atoms with Gasteiger partial charge in [0.1, 0.15) is 0 Å². The normalized spacial score (nSPS) is 13.4. The second kappa shape index (κ2) is 10.9. The first-order chi connectivity index (χ1) is 15.8. The molecule has 0 fully saturated rings.